The van der Waals surface area contributed by atoms with E-state index in [0.717, 1.165) is 12.8 Å². The lowest BCUT2D eigenvalue weighted by atomic mass is 9.95. The number of carbonyl (C=O) groups excluding carboxylic acids is 2. The van der Waals surface area contributed by atoms with Crippen molar-refractivity contribution in [2.75, 3.05) is 13.1 Å². The molecule has 1 fully saturated rings. The average Bonchev–Trinajstić information content (AvgIpc) is 2.45. The maximum absolute atomic E-state index is 12.1. The van der Waals surface area contributed by atoms with Gasteiger partial charge in [0.05, 0.1) is 5.92 Å². The molecule has 1 aliphatic heterocycles. The molecule has 114 valence electrons. The Hall–Kier alpha value is -1.59. The van der Waals surface area contributed by atoms with E-state index in [2.05, 4.69) is 5.32 Å². The summed E-state index contributed by atoms with van der Waals surface area (Å²) < 4.78 is 0. The van der Waals surface area contributed by atoms with Crippen molar-refractivity contribution in [2.24, 2.45) is 11.8 Å². The molecule has 0 aromatic heterocycles. The molecule has 0 bridgehead atoms. The molecule has 1 saturated heterocycles. The van der Waals surface area contributed by atoms with Crippen LogP contribution in [0.3, 0.4) is 0 Å². The smallest absolute Gasteiger partial charge is 0.325 e. The predicted octanol–water partition coefficient (Wildman–Crippen LogP) is 0.860. The van der Waals surface area contributed by atoms with Crippen LogP contribution in [0.1, 0.15) is 40.0 Å². The minimum atomic E-state index is -1.05. The maximum Gasteiger partial charge on any atom is 0.325 e. The van der Waals surface area contributed by atoms with Crippen molar-refractivity contribution in [3.05, 3.63) is 0 Å². The highest BCUT2D eigenvalue weighted by Gasteiger charge is 2.30. The van der Waals surface area contributed by atoms with Gasteiger partial charge in [0.1, 0.15) is 6.04 Å². The molecule has 0 aromatic rings. The van der Waals surface area contributed by atoms with E-state index >= 15 is 0 Å². The monoisotopic (exact) mass is 284 g/mol. The molecule has 1 heterocycles. The fraction of sp³-hybridized carbons (Fsp3) is 0.786. The number of nitrogens with one attached hydrogen (secondary N) is 1. The van der Waals surface area contributed by atoms with Crippen LogP contribution in [0.2, 0.25) is 0 Å². The van der Waals surface area contributed by atoms with Crippen molar-refractivity contribution in [3.8, 4) is 0 Å². The zero-order valence-corrected chi connectivity index (χ0v) is 12.4. The molecule has 0 aromatic carbocycles. The van der Waals surface area contributed by atoms with Crippen LogP contribution in [0.15, 0.2) is 0 Å². The third kappa shape index (κ3) is 4.21. The molecule has 1 aliphatic rings. The van der Waals surface area contributed by atoms with E-state index in [9.17, 15) is 14.4 Å². The minimum absolute atomic E-state index is 0.0326. The van der Waals surface area contributed by atoms with Gasteiger partial charge < -0.3 is 15.3 Å². The second kappa shape index (κ2) is 7.26. The Morgan fingerprint density at radius 2 is 2.00 bits per heavy atom. The summed E-state index contributed by atoms with van der Waals surface area (Å²) in [6, 6.07) is -0.900. The lowest BCUT2D eigenvalue weighted by molar-refractivity contribution is -0.144. The lowest BCUT2D eigenvalue weighted by Gasteiger charge is -2.33. The van der Waals surface area contributed by atoms with Gasteiger partial charge in [-0.05, 0) is 26.2 Å². The van der Waals surface area contributed by atoms with Gasteiger partial charge in [-0.3, -0.25) is 14.4 Å². The summed E-state index contributed by atoms with van der Waals surface area (Å²) in [5.41, 5.74) is 0. The standard InChI is InChI=1S/C14H24N2O4/c1-4-9(2)13(18)16-7-5-6-11(8-16)12(17)15-10(3)14(19)20/h9-11H,4-8H2,1-3H3,(H,15,17)(H,19,20)/t9?,10-,11?/m0/s1. The summed E-state index contributed by atoms with van der Waals surface area (Å²) in [7, 11) is 0. The van der Waals surface area contributed by atoms with E-state index in [4.69, 9.17) is 5.11 Å². The SMILES string of the molecule is CCC(C)C(=O)N1CCCC(C(=O)N[C@@H](C)C(=O)O)C1. The van der Waals surface area contributed by atoms with Gasteiger partial charge in [-0.2, -0.15) is 0 Å². The van der Waals surface area contributed by atoms with Crippen molar-refractivity contribution in [1.82, 2.24) is 10.2 Å². The zero-order valence-electron chi connectivity index (χ0n) is 12.4. The Morgan fingerprint density at radius 3 is 2.55 bits per heavy atom. The number of piperidine rings is 1. The van der Waals surface area contributed by atoms with E-state index in [-0.39, 0.29) is 23.7 Å². The van der Waals surface area contributed by atoms with Crippen LogP contribution < -0.4 is 5.32 Å². The molecule has 2 unspecified atom stereocenters. The number of likely N-dealkylation sites (tertiary alicyclic amines) is 1. The molecule has 6 heteroatoms. The molecule has 0 aliphatic carbocycles. The quantitative estimate of drug-likeness (QED) is 0.784. The molecule has 6 nitrogen and oxygen atoms in total. The Balaban J connectivity index is 2.58. The first kappa shape index (κ1) is 16.5. The van der Waals surface area contributed by atoms with E-state index in [1.54, 1.807) is 4.90 Å². The normalized spacial score (nSPS) is 21.9. The highest BCUT2D eigenvalue weighted by molar-refractivity contribution is 5.86. The average molecular weight is 284 g/mol. The number of carbonyl (C=O) groups is 3. The van der Waals surface area contributed by atoms with Crippen LogP contribution in [-0.4, -0.2) is 46.9 Å². The van der Waals surface area contributed by atoms with Crippen LogP contribution in [0.4, 0.5) is 0 Å². The molecular weight excluding hydrogens is 260 g/mol. The summed E-state index contributed by atoms with van der Waals surface area (Å²) in [6.45, 7) is 6.36. The number of hydrogen-bond donors (Lipinski definition) is 2. The summed E-state index contributed by atoms with van der Waals surface area (Å²) >= 11 is 0. The zero-order chi connectivity index (χ0) is 15.3. The van der Waals surface area contributed by atoms with Gasteiger partial charge in [0.15, 0.2) is 0 Å². The first-order valence-electron chi connectivity index (χ1n) is 7.18. The predicted molar refractivity (Wildman–Crippen MR) is 74.0 cm³/mol. The number of hydrogen-bond acceptors (Lipinski definition) is 3. The molecule has 1 rings (SSSR count). The van der Waals surface area contributed by atoms with E-state index in [0.29, 0.717) is 19.5 Å². The van der Waals surface area contributed by atoms with Crippen molar-refractivity contribution < 1.29 is 19.5 Å². The van der Waals surface area contributed by atoms with E-state index in [1.807, 2.05) is 13.8 Å². The van der Waals surface area contributed by atoms with Crippen LogP contribution in [0.25, 0.3) is 0 Å². The topological polar surface area (TPSA) is 86.7 Å². The number of amides is 2. The van der Waals surface area contributed by atoms with Crippen LogP contribution in [0.5, 0.6) is 0 Å². The van der Waals surface area contributed by atoms with E-state index in [1.165, 1.54) is 6.92 Å². The van der Waals surface area contributed by atoms with Crippen molar-refractivity contribution in [1.29, 1.82) is 0 Å². The Morgan fingerprint density at radius 1 is 1.35 bits per heavy atom. The minimum Gasteiger partial charge on any atom is -0.480 e. The van der Waals surface area contributed by atoms with Gasteiger partial charge in [0.25, 0.3) is 0 Å². The van der Waals surface area contributed by atoms with Crippen molar-refractivity contribution in [3.63, 3.8) is 0 Å². The third-order valence-electron chi connectivity index (χ3n) is 3.87. The number of carboxylic acid groups (broad SMARTS) is 1. The van der Waals surface area contributed by atoms with Gasteiger partial charge >= 0.3 is 5.97 Å². The number of aliphatic carboxylic acids is 1. The second-order valence-corrected chi connectivity index (χ2v) is 5.50. The molecule has 3 atom stereocenters. The first-order chi connectivity index (χ1) is 9.36. The maximum atomic E-state index is 12.1. The molecule has 2 N–H and O–H groups in total. The summed E-state index contributed by atoms with van der Waals surface area (Å²) in [5, 5.41) is 11.3. The van der Waals surface area contributed by atoms with Gasteiger partial charge in [-0.25, -0.2) is 0 Å². The van der Waals surface area contributed by atoms with Gasteiger partial charge in [0.2, 0.25) is 11.8 Å². The Kier molecular flexibility index (Phi) is 5.98. The largest absolute Gasteiger partial charge is 0.480 e. The molecule has 2 amide bonds. The summed E-state index contributed by atoms with van der Waals surface area (Å²) in [4.78, 5) is 36.6. The molecule has 20 heavy (non-hydrogen) atoms. The number of carboxylic acids is 1. The van der Waals surface area contributed by atoms with Crippen LogP contribution in [0, 0.1) is 11.8 Å². The first-order valence-corrected chi connectivity index (χ1v) is 7.18. The fourth-order valence-corrected chi connectivity index (χ4v) is 2.27. The number of nitrogens with zero attached hydrogens (tertiary/aromatic N) is 1. The number of rotatable bonds is 5. The van der Waals surface area contributed by atoms with E-state index < -0.39 is 12.0 Å². The summed E-state index contributed by atoms with van der Waals surface area (Å²) in [5.74, 6) is -1.59. The molecule has 0 radical (unpaired) electrons. The van der Waals surface area contributed by atoms with Gasteiger partial charge in [-0.15, -0.1) is 0 Å². The van der Waals surface area contributed by atoms with Crippen molar-refractivity contribution >= 4 is 17.8 Å². The second-order valence-electron chi connectivity index (χ2n) is 5.50. The van der Waals surface area contributed by atoms with Crippen molar-refractivity contribution in [2.45, 2.75) is 46.1 Å². The lowest BCUT2D eigenvalue weighted by Crippen LogP contribution is -2.49. The fourth-order valence-electron chi connectivity index (χ4n) is 2.27. The van der Waals surface area contributed by atoms with Crippen LogP contribution in [-0.2, 0) is 14.4 Å². The highest BCUT2D eigenvalue weighted by Crippen LogP contribution is 2.19. The Bertz CT molecular complexity index is 383. The third-order valence-corrected chi connectivity index (χ3v) is 3.87. The van der Waals surface area contributed by atoms with Gasteiger partial charge in [0, 0.05) is 19.0 Å². The highest BCUT2D eigenvalue weighted by atomic mass is 16.4. The molecule has 0 spiro atoms. The molecular formula is C14H24N2O4. The van der Waals surface area contributed by atoms with Gasteiger partial charge in [-0.1, -0.05) is 13.8 Å². The molecule has 0 saturated carbocycles. The van der Waals surface area contributed by atoms with Crippen LogP contribution >= 0.6 is 0 Å². The Labute approximate surface area is 119 Å². The summed E-state index contributed by atoms with van der Waals surface area (Å²) in [6.07, 6.45) is 2.26.